The maximum Gasteiger partial charge on any atom is 0.162 e. The van der Waals surface area contributed by atoms with E-state index < -0.39 is 0 Å². The minimum atomic E-state index is 0.489. The third-order valence-corrected chi connectivity index (χ3v) is 3.23. The Kier molecular flexibility index (Phi) is 7.80. The summed E-state index contributed by atoms with van der Waals surface area (Å²) in [4.78, 5) is 2.41. The first-order valence-electron chi connectivity index (χ1n) is 7.53. The predicted octanol–water partition coefficient (Wildman–Crippen LogP) is 2.42. The van der Waals surface area contributed by atoms with Gasteiger partial charge in [-0.25, -0.2) is 0 Å². The zero-order valence-electron chi connectivity index (χ0n) is 13.5. The number of hydrogen-bond donors (Lipinski definition) is 1. The molecule has 5 nitrogen and oxygen atoms in total. The number of nitrogens with one attached hydrogen (secondary N) is 1. The summed E-state index contributed by atoms with van der Waals surface area (Å²) >= 11 is 0. The van der Waals surface area contributed by atoms with Crippen LogP contribution < -0.4 is 5.32 Å². The molecule has 0 aliphatic rings. The molecule has 0 aliphatic carbocycles. The summed E-state index contributed by atoms with van der Waals surface area (Å²) in [5, 5.41) is 7.21. The molecule has 0 aliphatic heterocycles. The Morgan fingerprint density at radius 1 is 1.30 bits per heavy atom. The molecule has 0 bridgehead atoms. The highest BCUT2D eigenvalue weighted by atomic mass is 16.5. The van der Waals surface area contributed by atoms with Gasteiger partial charge in [-0.1, -0.05) is 12.1 Å². The van der Waals surface area contributed by atoms with E-state index in [9.17, 15) is 0 Å². The van der Waals surface area contributed by atoms with Gasteiger partial charge in [0.05, 0.1) is 12.3 Å². The predicted molar refractivity (Wildman–Crippen MR) is 80.5 cm³/mol. The van der Waals surface area contributed by atoms with Gasteiger partial charge >= 0.3 is 0 Å². The topological polar surface area (TPSA) is 50.5 Å². The van der Waals surface area contributed by atoms with Crippen LogP contribution in [0.5, 0.6) is 0 Å². The van der Waals surface area contributed by atoms with Gasteiger partial charge in [-0.3, -0.25) is 4.90 Å². The average molecular weight is 283 g/mol. The largest absolute Gasteiger partial charge is 0.372 e. The molecule has 0 radical (unpaired) electrons. The zero-order chi connectivity index (χ0) is 15.0. The number of hydrogen-bond acceptors (Lipinski definition) is 5. The molecule has 0 aromatic carbocycles. The summed E-state index contributed by atoms with van der Waals surface area (Å²) in [6.45, 7) is 14.7. The van der Waals surface area contributed by atoms with Crippen LogP contribution in [0.1, 0.15) is 46.1 Å². The summed E-state index contributed by atoms with van der Waals surface area (Å²) in [5.41, 5.74) is 0.927. The molecule has 0 saturated carbocycles. The van der Waals surface area contributed by atoms with Crippen LogP contribution in [0.2, 0.25) is 0 Å². The molecule has 1 rings (SSSR count). The van der Waals surface area contributed by atoms with Crippen molar-refractivity contribution >= 4 is 0 Å². The molecular formula is C15H29N3O2. The van der Waals surface area contributed by atoms with Crippen molar-refractivity contribution in [3.8, 4) is 0 Å². The van der Waals surface area contributed by atoms with Crippen molar-refractivity contribution in [2.75, 3.05) is 19.7 Å². The maximum absolute atomic E-state index is 5.67. The first kappa shape index (κ1) is 17.1. The molecule has 0 amide bonds. The Bertz CT molecular complexity index is 356. The number of ether oxygens (including phenoxy) is 1. The molecule has 0 unspecified atom stereocenters. The van der Waals surface area contributed by atoms with Crippen LogP contribution in [0.4, 0.5) is 0 Å². The number of nitrogens with zero attached hydrogens (tertiary/aromatic N) is 2. The Balaban J connectivity index is 2.25. The minimum Gasteiger partial charge on any atom is -0.372 e. The van der Waals surface area contributed by atoms with Crippen LogP contribution in [0, 0.1) is 0 Å². The van der Waals surface area contributed by atoms with E-state index in [-0.39, 0.29) is 0 Å². The molecule has 116 valence electrons. The van der Waals surface area contributed by atoms with E-state index in [0.29, 0.717) is 25.3 Å². The first-order chi connectivity index (χ1) is 9.54. The van der Waals surface area contributed by atoms with Gasteiger partial charge in [-0.05, 0) is 34.2 Å². The lowest BCUT2D eigenvalue weighted by Gasteiger charge is -2.30. The molecule has 20 heavy (non-hydrogen) atoms. The second-order valence-corrected chi connectivity index (χ2v) is 5.54. The van der Waals surface area contributed by atoms with Crippen LogP contribution in [0.25, 0.3) is 0 Å². The van der Waals surface area contributed by atoms with Gasteiger partial charge in [0.25, 0.3) is 0 Å². The van der Waals surface area contributed by atoms with Gasteiger partial charge in [0.15, 0.2) is 5.76 Å². The van der Waals surface area contributed by atoms with Crippen molar-refractivity contribution in [2.45, 2.75) is 59.9 Å². The zero-order valence-corrected chi connectivity index (χ0v) is 13.5. The highest BCUT2D eigenvalue weighted by Crippen LogP contribution is 2.07. The van der Waals surface area contributed by atoms with Crippen LogP contribution >= 0.6 is 0 Å². The van der Waals surface area contributed by atoms with Gasteiger partial charge in [-0.15, -0.1) is 0 Å². The van der Waals surface area contributed by atoms with E-state index in [1.165, 1.54) is 0 Å². The Morgan fingerprint density at radius 3 is 2.60 bits per heavy atom. The highest BCUT2D eigenvalue weighted by molar-refractivity contribution is 5.04. The summed E-state index contributed by atoms with van der Waals surface area (Å²) in [6.07, 6.45) is 0. The summed E-state index contributed by atoms with van der Waals surface area (Å²) in [6, 6.07) is 3.02. The Morgan fingerprint density at radius 2 is 2.00 bits per heavy atom. The van der Waals surface area contributed by atoms with Crippen LogP contribution in [0.3, 0.4) is 0 Å². The summed E-state index contributed by atoms with van der Waals surface area (Å²) < 4.78 is 10.9. The second-order valence-electron chi connectivity index (χ2n) is 5.54. The normalized spacial score (nSPS) is 12.0. The van der Waals surface area contributed by atoms with E-state index in [2.05, 4.69) is 50.0 Å². The highest BCUT2D eigenvalue weighted by Gasteiger charge is 2.12. The SMILES string of the molecule is CCNCc1cc(COCCN(C(C)C)C(C)C)on1. The minimum absolute atomic E-state index is 0.489. The van der Waals surface area contributed by atoms with Crippen LogP contribution in [-0.2, 0) is 17.9 Å². The van der Waals surface area contributed by atoms with Crippen LogP contribution in [-0.4, -0.2) is 41.8 Å². The molecule has 1 aromatic heterocycles. The molecule has 0 spiro atoms. The van der Waals surface area contributed by atoms with Gasteiger partial charge in [-0.2, -0.15) is 0 Å². The number of rotatable bonds is 10. The van der Waals surface area contributed by atoms with Crippen molar-refractivity contribution in [1.82, 2.24) is 15.4 Å². The van der Waals surface area contributed by atoms with Crippen LogP contribution in [0.15, 0.2) is 10.6 Å². The molecule has 1 aromatic rings. The average Bonchev–Trinajstić information content (AvgIpc) is 2.83. The lowest BCUT2D eigenvalue weighted by Crippen LogP contribution is -2.39. The molecule has 1 heterocycles. The third-order valence-electron chi connectivity index (χ3n) is 3.23. The van der Waals surface area contributed by atoms with Gasteiger partial charge in [0.1, 0.15) is 6.61 Å². The quantitative estimate of drug-likeness (QED) is 0.668. The fourth-order valence-electron chi connectivity index (χ4n) is 2.22. The van der Waals surface area contributed by atoms with Crippen molar-refractivity contribution in [3.05, 3.63) is 17.5 Å². The Labute approximate surface area is 122 Å². The molecule has 5 heteroatoms. The van der Waals surface area contributed by atoms with Crippen molar-refractivity contribution < 1.29 is 9.26 Å². The summed E-state index contributed by atoms with van der Waals surface area (Å²) in [5.74, 6) is 0.790. The van der Waals surface area contributed by atoms with E-state index in [4.69, 9.17) is 9.26 Å². The van der Waals surface area contributed by atoms with Crippen molar-refractivity contribution in [2.24, 2.45) is 0 Å². The van der Waals surface area contributed by atoms with Crippen molar-refractivity contribution in [1.29, 1.82) is 0 Å². The van der Waals surface area contributed by atoms with E-state index in [1.807, 2.05) is 6.07 Å². The first-order valence-corrected chi connectivity index (χ1v) is 7.53. The monoisotopic (exact) mass is 283 g/mol. The molecular weight excluding hydrogens is 254 g/mol. The van der Waals surface area contributed by atoms with E-state index in [1.54, 1.807) is 0 Å². The molecule has 0 saturated heterocycles. The smallest absolute Gasteiger partial charge is 0.162 e. The standard InChI is InChI=1S/C15H29N3O2/c1-6-16-10-14-9-15(20-17-14)11-19-8-7-18(12(2)3)13(4)5/h9,12-13,16H,6-8,10-11H2,1-5H3. The summed E-state index contributed by atoms with van der Waals surface area (Å²) in [7, 11) is 0. The maximum atomic E-state index is 5.67. The van der Waals surface area contributed by atoms with E-state index >= 15 is 0 Å². The molecule has 0 atom stereocenters. The van der Waals surface area contributed by atoms with Gasteiger partial charge in [0.2, 0.25) is 0 Å². The second kappa shape index (κ2) is 9.10. The third kappa shape index (κ3) is 6.03. The molecule has 0 fully saturated rings. The van der Waals surface area contributed by atoms with Gasteiger partial charge in [0, 0.05) is 31.2 Å². The van der Waals surface area contributed by atoms with Crippen molar-refractivity contribution in [3.63, 3.8) is 0 Å². The fourth-order valence-corrected chi connectivity index (χ4v) is 2.22. The Hall–Kier alpha value is -0.910. The number of aromatic nitrogens is 1. The fraction of sp³-hybridized carbons (Fsp3) is 0.800. The molecule has 1 N–H and O–H groups in total. The lowest BCUT2D eigenvalue weighted by molar-refractivity contribution is 0.0596. The lowest BCUT2D eigenvalue weighted by atomic mass is 10.2. The van der Waals surface area contributed by atoms with E-state index in [0.717, 1.165) is 31.1 Å². The van der Waals surface area contributed by atoms with Gasteiger partial charge < -0.3 is 14.6 Å².